The Morgan fingerprint density at radius 2 is 1.69 bits per heavy atom. The SMILES string of the molecule is O=C(NNC(=O)c1ccccc1OCC1CCCO1)c1ccccc1Cl. The molecule has 1 unspecified atom stereocenters. The Hall–Kier alpha value is -2.57. The van der Waals surface area contributed by atoms with Crippen molar-refractivity contribution in [2.45, 2.75) is 18.9 Å². The second-order valence-corrected chi connectivity index (χ2v) is 6.24. The van der Waals surface area contributed by atoms with Gasteiger partial charge in [0.15, 0.2) is 0 Å². The van der Waals surface area contributed by atoms with Gasteiger partial charge in [0, 0.05) is 6.61 Å². The van der Waals surface area contributed by atoms with E-state index in [2.05, 4.69) is 10.9 Å². The van der Waals surface area contributed by atoms with Crippen LogP contribution in [0.2, 0.25) is 5.02 Å². The summed E-state index contributed by atoms with van der Waals surface area (Å²) in [5.41, 5.74) is 5.34. The van der Waals surface area contributed by atoms with Gasteiger partial charge in [0.05, 0.1) is 22.3 Å². The predicted molar refractivity (Wildman–Crippen MR) is 97.3 cm³/mol. The van der Waals surface area contributed by atoms with Crippen LogP contribution in [0.25, 0.3) is 0 Å². The number of nitrogens with one attached hydrogen (secondary N) is 2. The summed E-state index contributed by atoms with van der Waals surface area (Å²) in [6, 6.07) is 13.4. The Morgan fingerprint density at radius 3 is 2.38 bits per heavy atom. The number of amides is 2. The second-order valence-electron chi connectivity index (χ2n) is 5.83. The first kappa shape index (κ1) is 18.2. The quantitative estimate of drug-likeness (QED) is 0.789. The van der Waals surface area contributed by atoms with Crippen LogP contribution in [0.5, 0.6) is 5.75 Å². The minimum atomic E-state index is -0.498. The van der Waals surface area contributed by atoms with Gasteiger partial charge >= 0.3 is 0 Å². The number of rotatable bonds is 5. The van der Waals surface area contributed by atoms with Crippen LogP contribution >= 0.6 is 11.6 Å². The highest BCUT2D eigenvalue weighted by Crippen LogP contribution is 2.20. The monoisotopic (exact) mass is 374 g/mol. The van der Waals surface area contributed by atoms with Crippen molar-refractivity contribution in [3.05, 3.63) is 64.7 Å². The van der Waals surface area contributed by atoms with Gasteiger partial charge in [-0.2, -0.15) is 0 Å². The topological polar surface area (TPSA) is 76.7 Å². The second kappa shape index (κ2) is 8.69. The molecule has 2 N–H and O–H groups in total. The van der Waals surface area contributed by atoms with Crippen LogP contribution in [0.3, 0.4) is 0 Å². The number of benzene rings is 2. The molecule has 0 aromatic heterocycles. The van der Waals surface area contributed by atoms with Crippen LogP contribution in [0.1, 0.15) is 33.6 Å². The summed E-state index contributed by atoms with van der Waals surface area (Å²) >= 11 is 5.97. The van der Waals surface area contributed by atoms with Crippen LogP contribution < -0.4 is 15.6 Å². The van der Waals surface area contributed by atoms with E-state index in [1.54, 1.807) is 48.5 Å². The fourth-order valence-corrected chi connectivity index (χ4v) is 2.85. The first-order valence-corrected chi connectivity index (χ1v) is 8.71. The molecule has 7 heteroatoms. The highest BCUT2D eigenvalue weighted by atomic mass is 35.5. The molecule has 1 atom stereocenters. The summed E-state index contributed by atoms with van der Waals surface area (Å²) in [6.45, 7) is 1.13. The molecule has 0 spiro atoms. The fourth-order valence-electron chi connectivity index (χ4n) is 2.63. The zero-order valence-electron chi connectivity index (χ0n) is 14.0. The standard InChI is InChI=1S/C19H19ClN2O4/c20-16-9-3-1-7-14(16)18(23)21-22-19(24)15-8-2-4-10-17(15)26-12-13-6-5-11-25-13/h1-4,7-10,13H,5-6,11-12H2,(H,21,23)(H,22,24). The van der Waals surface area contributed by atoms with Crippen molar-refractivity contribution in [1.82, 2.24) is 10.9 Å². The van der Waals surface area contributed by atoms with Gasteiger partial charge in [0.2, 0.25) is 0 Å². The van der Waals surface area contributed by atoms with Gasteiger partial charge in [-0.3, -0.25) is 20.4 Å². The van der Waals surface area contributed by atoms with Crippen molar-refractivity contribution >= 4 is 23.4 Å². The third-order valence-corrected chi connectivity index (χ3v) is 4.32. The van der Waals surface area contributed by atoms with Crippen molar-refractivity contribution in [3.8, 4) is 5.75 Å². The number of hydrogen-bond donors (Lipinski definition) is 2. The van der Waals surface area contributed by atoms with Crippen LogP contribution in [-0.4, -0.2) is 31.1 Å². The van der Waals surface area contributed by atoms with E-state index in [9.17, 15) is 9.59 Å². The first-order valence-electron chi connectivity index (χ1n) is 8.34. The molecule has 2 aromatic rings. The minimum absolute atomic E-state index is 0.0473. The number of carbonyl (C=O) groups is 2. The fraction of sp³-hybridized carbons (Fsp3) is 0.263. The summed E-state index contributed by atoms with van der Waals surface area (Å²) in [7, 11) is 0. The zero-order chi connectivity index (χ0) is 18.4. The van der Waals surface area contributed by atoms with E-state index < -0.39 is 11.8 Å². The summed E-state index contributed by atoms with van der Waals surface area (Å²) in [5.74, 6) is -0.539. The third-order valence-electron chi connectivity index (χ3n) is 3.99. The summed E-state index contributed by atoms with van der Waals surface area (Å²) in [5, 5.41) is 0.305. The molecule has 6 nitrogen and oxygen atoms in total. The van der Waals surface area contributed by atoms with E-state index in [0.29, 0.717) is 22.9 Å². The van der Waals surface area contributed by atoms with E-state index in [0.717, 1.165) is 19.4 Å². The maximum atomic E-state index is 12.4. The molecule has 1 aliphatic heterocycles. The maximum Gasteiger partial charge on any atom is 0.273 e. The molecule has 3 rings (SSSR count). The van der Waals surface area contributed by atoms with Gasteiger partial charge in [0.1, 0.15) is 12.4 Å². The number of para-hydroxylation sites is 1. The van der Waals surface area contributed by atoms with Crippen molar-refractivity contribution < 1.29 is 19.1 Å². The van der Waals surface area contributed by atoms with Gasteiger partial charge in [0.25, 0.3) is 11.8 Å². The average molecular weight is 375 g/mol. The Bertz CT molecular complexity index is 791. The van der Waals surface area contributed by atoms with Crippen molar-refractivity contribution in [1.29, 1.82) is 0 Å². The molecule has 136 valence electrons. The van der Waals surface area contributed by atoms with Crippen LogP contribution in [0.4, 0.5) is 0 Å². The molecular formula is C19H19ClN2O4. The lowest BCUT2D eigenvalue weighted by atomic mass is 10.2. The smallest absolute Gasteiger partial charge is 0.273 e. The Morgan fingerprint density at radius 1 is 1.04 bits per heavy atom. The number of hydrogen-bond acceptors (Lipinski definition) is 4. The van der Waals surface area contributed by atoms with Crippen molar-refractivity contribution in [3.63, 3.8) is 0 Å². The highest BCUT2D eigenvalue weighted by Gasteiger charge is 2.19. The molecule has 1 fully saturated rings. The van der Waals surface area contributed by atoms with E-state index >= 15 is 0 Å². The zero-order valence-corrected chi connectivity index (χ0v) is 14.8. The normalized spacial score (nSPS) is 16.1. The van der Waals surface area contributed by atoms with Crippen molar-refractivity contribution in [2.24, 2.45) is 0 Å². The van der Waals surface area contributed by atoms with E-state index in [-0.39, 0.29) is 11.7 Å². The van der Waals surface area contributed by atoms with Crippen molar-refractivity contribution in [2.75, 3.05) is 13.2 Å². The average Bonchev–Trinajstić information content (AvgIpc) is 3.18. The molecular weight excluding hydrogens is 356 g/mol. The highest BCUT2D eigenvalue weighted by molar-refractivity contribution is 6.33. The van der Waals surface area contributed by atoms with E-state index in [4.69, 9.17) is 21.1 Å². The Balaban J connectivity index is 1.60. The molecule has 1 heterocycles. The Kier molecular flexibility index (Phi) is 6.09. The summed E-state index contributed by atoms with van der Waals surface area (Å²) < 4.78 is 11.3. The van der Waals surface area contributed by atoms with Crippen LogP contribution in [0.15, 0.2) is 48.5 Å². The van der Waals surface area contributed by atoms with Gasteiger partial charge < -0.3 is 9.47 Å². The third kappa shape index (κ3) is 4.53. The lowest BCUT2D eigenvalue weighted by Crippen LogP contribution is -2.41. The number of hydrazine groups is 1. The summed E-state index contributed by atoms with van der Waals surface area (Å²) in [6.07, 6.45) is 2.01. The molecule has 0 radical (unpaired) electrons. The van der Waals surface area contributed by atoms with E-state index in [1.165, 1.54) is 0 Å². The molecule has 2 aromatic carbocycles. The van der Waals surface area contributed by atoms with Gasteiger partial charge in [-0.1, -0.05) is 35.9 Å². The van der Waals surface area contributed by atoms with Crippen LogP contribution in [-0.2, 0) is 4.74 Å². The first-order chi connectivity index (χ1) is 12.6. The number of halogens is 1. The molecule has 0 saturated carbocycles. The van der Waals surface area contributed by atoms with Gasteiger partial charge in [-0.05, 0) is 37.1 Å². The summed E-state index contributed by atoms with van der Waals surface area (Å²) in [4.78, 5) is 24.5. The molecule has 0 aliphatic carbocycles. The maximum absolute atomic E-state index is 12.4. The van der Waals surface area contributed by atoms with E-state index in [1.807, 2.05) is 0 Å². The lowest BCUT2D eigenvalue weighted by Gasteiger charge is -2.15. The number of ether oxygens (including phenoxy) is 2. The number of carbonyl (C=O) groups excluding carboxylic acids is 2. The Labute approximate surface area is 156 Å². The largest absolute Gasteiger partial charge is 0.490 e. The molecule has 26 heavy (non-hydrogen) atoms. The van der Waals surface area contributed by atoms with Gasteiger partial charge in [-0.25, -0.2) is 0 Å². The molecule has 1 aliphatic rings. The minimum Gasteiger partial charge on any atom is -0.490 e. The van der Waals surface area contributed by atoms with Gasteiger partial charge in [-0.15, -0.1) is 0 Å². The lowest BCUT2D eigenvalue weighted by molar-refractivity contribution is 0.0669. The predicted octanol–water partition coefficient (Wildman–Crippen LogP) is 2.97. The molecule has 1 saturated heterocycles. The van der Waals surface area contributed by atoms with Crippen LogP contribution in [0, 0.1) is 0 Å². The molecule has 0 bridgehead atoms. The molecule has 2 amide bonds.